The highest BCUT2D eigenvalue weighted by atomic mass is 16.4. The van der Waals surface area contributed by atoms with Gasteiger partial charge in [0.1, 0.15) is 60.4 Å². The fourth-order valence-corrected chi connectivity index (χ4v) is 11.8. The van der Waals surface area contributed by atoms with E-state index in [1.165, 1.54) is 0 Å². The molecule has 0 radical (unpaired) electrons. The molecule has 0 unspecified atom stereocenters. The van der Waals surface area contributed by atoms with Crippen LogP contribution < -0.4 is 169 Å². The number of guanidine groups is 3. The molecule has 678 valence electrons. The van der Waals surface area contributed by atoms with E-state index >= 15 is 0 Å². The predicted octanol–water partition coefficient (Wildman–Crippen LogP) is -11.6. The molecular weight excluding hydrogens is 1580 g/mol. The molecule has 1 saturated heterocycles. The minimum atomic E-state index is -1.69. The second-order valence-corrected chi connectivity index (χ2v) is 27.7. The summed E-state index contributed by atoms with van der Waals surface area (Å²) in [6.07, 6.45) is -1.17. The molecule has 1 rings (SSSR count). The SMILES string of the molecule is N=C(N)NCCC[C@H](NC(=O)CNC(=O)[C@H](CCCNC(N)=O)NC(=O)[C@H](CCCNC(N)=O)NC(=O)[C@H](CCCNC(=N)N)NC(=O)[C@H](CCCNC(N)=O)NC(=O)[C@H](CCCCN)NC(=O)[C@H](CCCNC(N)=O)NC(=O)[C@H](CCCNC(N)=O)NC(=O)[C@H](CCCNC(N)=O)NC(=O)[C@H](CCCNC(=N)N)NC(=O)[C@@H]1CCCN1)C(=O)O. The second-order valence-electron chi connectivity index (χ2n) is 27.7. The zero-order valence-electron chi connectivity index (χ0n) is 67.2. The summed E-state index contributed by atoms with van der Waals surface area (Å²) in [5.41, 5.74) is 54.0. The van der Waals surface area contributed by atoms with Crippen LogP contribution in [0.1, 0.15) is 148 Å². The third-order valence-corrected chi connectivity index (χ3v) is 17.8. The molecule has 1 aliphatic rings. The molecule has 0 aromatic carbocycles. The van der Waals surface area contributed by atoms with Gasteiger partial charge in [-0.1, -0.05) is 0 Å². The first-order chi connectivity index (χ1) is 56.8. The van der Waals surface area contributed by atoms with E-state index in [9.17, 15) is 91.4 Å². The summed E-state index contributed by atoms with van der Waals surface area (Å²) in [6, 6.07) is -22.1. The van der Waals surface area contributed by atoms with Crippen LogP contribution in [0.4, 0.5) is 28.8 Å². The van der Waals surface area contributed by atoms with Gasteiger partial charge in [0.25, 0.3) is 0 Å². The maximum atomic E-state index is 14.9. The maximum absolute atomic E-state index is 14.9. The average molecular weight is 1710 g/mol. The molecule has 0 aromatic heterocycles. The number of amides is 23. The first-order valence-corrected chi connectivity index (χ1v) is 39.2. The number of hydrogen-bond acceptors (Lipinski definition) is 23. The van der Waals surface area contributed by atoms with Crippen molar-refractivity contribution in [3.05, 3.63) is 0 Å². The van der Waals surface area contributed by atoms with Gasteiger partial charge in [-0.05, 0) is 161 Å². The van der Waals surface area contributed by atoms with E-state index in [4.69, 9.17) is 73.6 Å². The van der Waals surface area contributed by atoms with Gasteiger partial charge in [0.2, 0.25) is 65.0 Å². The summed E-state index contributed by atoms with van der Waals surface area (Å²) in [6.45, 7) is -1.09. The number of carbonyl (C=O) groups is 18. The number of nitrogens with two attached hydrogens (primary N) is 10. The van der Waals surface area contributed by atoms with Gasteiger partial charge in [-0.2, -0.15) is 0 Å². The van der Waals surface area contributed by atoms with Gasteiger partial charge in [0.15, 0.2) is 17.9 Å². The standard InChI is InChI=1S/C67H126N34O19/c68-24-2-1-13-38(95-53(108)42(19-8-31-87-64(77)117)100-57(112)45(22-11-34-90-67(80)120)101-56(111)44(21-10-33-89-66(79)119)99-52(107)39(16-4-26-82-59(69)70)94-49(104)36-14-3-25-81-36)50(105)96-43(20-9-32-88-65(78)118)55(110)97-40(17-5-27-83-60(71)72)54(109)98-41(18-7-30-86-63(76)116)51(106)93-37(15-6-29-85-62(75)115)48(103)91-35-47(102)92-46(58(113)114)23-12-28-84-61(73)74/h36-46,81H,1-35,68H2,(H,91,103)(H,92,102)(H,93,106)(H,94,104)(H,95,108)(H,96,105)(H,97,110)(H,98,109)(H,99,107)(H,100,112)(H,101,111)(H,113,114)(H4,69,70,82)(H4,71,72,83)(H4,73,74,84)(H3,75,85,115)(H3,76,86,116)(H3,77,87,117)(H3,78,88,118)(H3,79,89,119)(H3,80,90,120)/t36-,37-,38-,39-,40-,41-,42-,43-,44-,45-,46-/m0/s1. The van der Waals surface area contributed by atoms with Crippen LogP contribution >= 0.6 is 0 Å². The molecule has 53 nitrogen and oxygen atoms in total. The highest BCUT2D eigenvalue weighted by Gasteiger charge is 2.37. The smallest absolute Gasteiger partial charge is 0.326 e. The zero-order valence-corrected chi connectivity index (χ0v) is 67.2. The van der Waals surface area contributed by atoms with Crippen molar-refractivity contribution in [2.24, 2.45) is 57.3 Å². The largest absolute Gasteiger partial charge is 0.480 e. The first-order valence-electron chi connectivity index (χ1n) is 39.2. The van der Waals surface area contributed by atoms with E-state index < -0.39 is 186 Å². The number of carboxylic acids is 1. The van der Waals surface area contributed by atoms with E-state index in [2.05, 4.69) is 112 Å². The molecule has 0 spiro atoms. The third kappa shape index (κ3) is 49.8. The van der Waals surface area contributed by atoms with Crippen molar-refractivity contribution in [2.75, 3.05) is 78.5 Å². The van der Waals surface area contributed by atoms with Crippen LogP contribution in [0.5, 0.6) is 0 Å². The van der Waals surface area contributed by atoms with Gasteiger partial charge in [-0.15, -0.1) is 0 Å². The lowest BCUT2D eigenvalue weighted by Crippen LogP contribution is -2.60. The van der Waals surface area contributed by atoms with Gasteiger partial charge in [-0.3, -0.25) is 69.0 Å². The number of hydrogen-bond donors (Lipinski definition) is 35. The van der Waals surface area contributed by atoms with Crippen molar-refractivity contribution in [3.63, 3.8) is 0 Å². The molecule has 0 bridgehead atoms. The Morgan fingerprint density at radius 2 is 0.517 bits per heavy atom. The lowest BCUT2D eigenvalue weighted by atomic mass is 10.0. The van der Waals surface area contributed by atoms with Gasteiger partial charge in [-0.25, -0.2) is 33.6 Å². The Hall–Kier alpha value is -13.0. The summed E-state index contributed by atoms with van der Waals surface area (Å²) in [4.78, 5) is 241. The van der Waals surface area contributed by atoms with Crippen molar-refractivity contribution < 1.29 is 91.4 Å². The van der Waals surface area contributed by atoms with Crippen LogP contribution in [-0.2, 0) is 57.5 Å². The molecule has 1 heterocycles. The summed E-state index contributed by atoms with van der Waals surface area (Å²) in [5, 5.41) is 85.0. The van der Waals surface area contributed by atoms with Crippen molar-refractivity contribution in [1.29, 1.82) is 16.2 Å². The molecule has 1 fully saturated rings. The lowest BCUT2D eigenvalue weighted by molar-refractivity contribution is -0.142. The fraction of sp³-hybridized carbons (Fsp3) is 0.687. The van der Waals surface area contributed by atoms with Crippen LogP contribution in [-0.4, -0.2) is 275 Å². The Balaban J connectivity index is 4.02. The number of carboxylic acid groups (broad SMARTS) is 1. The zero-order chi connectivity index (χ0) is 90.1. The van der Waals surface area contributed by atoms with E-state index in [0.717, 1.165) is 0 Å². The topological polar surface area (TPSA) is 912 Å². The predicted molar refractivity (Wildman–Crippen MR) is 432 cm³/mol. The van der Waals surface area contributed by atoms with E-state index in [-0.39, 0.29) is 212 Å². The summed E-state index contributed by atoms with van der Waals surface area (Å²) < 4.78 is 0. The van der Waals surface area contributed by atoms with Crippen LogP contribution in [0.3, 0.4) is 0 Å². The Labute approximate surface area is 692 Å². The van der Waals surface area contributed by atoms with Crippen molar-refractivity contribution in [3.8, 4) is 0 Å². The minimum Gasteiger partial charge on any atom is -0.480 e. The van der Waals surface area contributed by atoms with Crippen molar-refractivity contribution in [1.82, 2.24) is 112 Å². The van der Waals surface area contributed by atoms with E-state index in [0.29, 0.717) is 19.4 Å². The molecule has 45 N–H and O–H groups in total. The Kier molecular flexibility index (Phi) is 52.9. The quantitative estimate of drug-likeness (QED) is 0.0153. The molecule has 0 aromatic rings. The summed E-state index contributed by atoms with van der Waals surface area (Å²) in [7, 11) is 0. The van der Waals surface area contributed by atoms with Gasteiger partial charge in [0.05, 0.1) is 12.6 Å². The molecule has 0 aliphatic carbocycles. The fourth-order valence-electron chi connectivity index (χ4n) is 11.8. The number of nitrogens with one attached hydrogen (secondary N) is 24. The van der Waals surface area contributed by atoms with Gasteiger partial charge in [0, 0.05) is 58.9 Å². The molecule has 1 aliphatic heterocycles. The lowest BCUT2D eigenvalue weighted by Gasteiger charge is -2.29. The van der Waals surface area contributed by atoms with Crippen LogP contribution in [0.25, 0.3) is 0 Å². The van der Waals surface area contributed by atoms with Crippen molar-refractivity contribution >= 4 is 125 Å². The molecule has 120 heavy (non-hydrogen) atoms. The van der Waals surface area contributed by atoms with Crippen LogP contribution in [0.15, 0.2) is 0 Å². The van der Waals surface area contributed by atoms with Gasteiger partial charge >= 0.3 is 42.2 Å². The molecule has 53 heteroatoms. The highest BCUT2D eigenvalue weighted by Crippen LogP contribution is 2.13. The number of aliphatic carboxylic acids is 1. The highest BCUT2D eigenvalue weighted by molar-refractivity contribution is 5.99. The number of unbranched alkanes of at least 4 members (excludes halogenated alkanes) is 1. The first kappa shape index (κ1) is 105. The monoisotopic (exact) mass is 1710 g/mol. The van der Waals surface area contributed by atoms with Crippen LogP contribution in [0, 0.1) is 16.2 Å². The normalized spacial score (nSPS) is 14.4. The minimum absolute atomic E-state index is 0.00828. The maximum Gasteiger partial charge on any atom is 0.326 e. The molecule has 23 amide bonds. The molecular formula is C67H126N34O19. The van der Waals surface area contributed by atoms with Gasteiger partial charge < -0.3 is 174 Å². The van der Waals surface area contributed by atoms with E-state index in [1.807, 2.05) is 0 Å². The number of primary amides is 6. The molecule has 0 saturated carbocycles. The van der Waals surface area contributed by atoms with Crippen molar-refractivity contribution in [2.45, 2.75) is 214 Å². The van der Waals surface area contributed by atoms with Crippen LogP contribution in [0.2, 0.25) is 0 Å². The average Bonchev–Trinajstić information content (AvgIpc) is 0.877. The summed E-state index contributed by atoms with van der Waals surface area (Å²) in [5.74, 6) is -13.4. The Morgan fingerprint density at radius 3 is 0.733 bits per heavy atom. The Morgan fingerprint density at radius 1 is 0.292 bits per heavy atom. The number of carbonyl (C=O) groups excluding carboxylic acids is 17. The summed E-state index contributed by atoms with van der Waals surface area (Å²) >= 11 is 0. The molecule has 11 atom stereocenters. The second kappa shape index (κ2) is 60.5. The third-order valence-electron chi connectivity index (χ3n) is 17.8. The Bertz CT molecular complexity index is 3410. The number of rotatable bonds is 63. The number of urea groups is 6. The van der Waals surface area contributed by atoms with E-state index in [1.54, 1.807) is 0 Å².